The van der Waals surface area contributed by atoms with Gasteiger partial charge in [-0.05, 0) is 52.4 Å². The zero-order valence-electron chi connectivity index (χ0n) is 11.4. The lowest BCUT2D eigenvalue weighted by atomic mass is 9.94. The van der Waals surface area contributed by atoms with Crippen LogP contribution in [-0.2, 0) is 4.74 Å². The number of hydrogen-bond acceptors (Lipinski definition) is 2. The second-order valence-electron chi connectivity index (χ2n) is 5.80. The molecule has 0 bridgehead atoms. The first-order chi connectivity index (χ1) is 7.92. The molecular weight excluding hydrogens is 214 g/mol. The SMILES string of the molecule is C=CCCC1CCCN(C(=O)OC(C)(C)C)C1. The molecule has 0 aliphatic carbocycles. The topological polar surface area (TPSA) is 29.5 Å². The molecule has 0 N–H and O–H groups in total. The molecule has 1 fully saturated rings. The molecule has 0 aromatic heterocycles. The van der Waals surface area contributed by atoms with Crippen LogP contribution in [0, 0.1) is 5.92 Å². The third-order valence-corrected chi connectivity index (χ3v) is 2.95. The molecule has 0 aromatic rings. The van der Waals surface area contributed by atoms with E-state index in [1.165, 1.54) is 6.42 Å². The van der Waals surface area contributed by atoms with Crippen LogP contribution >= 0.6 is 0 Å². The van der Waals surface area contributed by atoms with Gasteiger partial charge in [-0.25, -0.2) is 4.79 Å². The molecule has 1 heterocycles. The molecule has 0 radical (unpaired) electrons. The third-order valence-electron chi connectivity index (χ3n) is 2.95. The highest BCUT2D eigenvalue weighted by atomic mass is 16.6. The van der Waals surface area contributed by atoms with Gasteiger partial charge < -0.3 is 9.64 Å². The molecule has 1 amide bonds. The number of piperidine rings is 1. The van der Waals surface area contributed by atoms with Gasteiger partial charge in [0.1, 0.15) is 5.60 Å². The summed E-state index contributed by atoms with van der Waals surface area (Å²) in [4.78, 5) is 13.8. The highest BCUT2D eigenvalue weighted by molar-refractivity contribution is 5.68. The predicted molar refractivity (Wildman–Crippen MR) is 70.0 cm³/mol. The molecule has 98 valence electrons. The number of allylic oxidation sites excluding steroid dienone is 1. The molecule has 1 aliphatic rings. The number of rotatable bonds is 3. The average molecular weight is 239 g/mol. The van der Waals surface area contributed by atoms with Gasteiger partial charge in [-0.3, -0.25) is 0 Å². The maximum absolute atomic E-state index is 11.9. The summed E-state index contributed by atoms with van der Waals surface area (Å²) in [6.07, 6.45) is 6.25. The summed E-state index contributed by atoms with van der Waals surface area (Å²) >= 11 is 0. The van der Waals surface area contributed by atoms with Gasteiger partial charge in [-0.2, -0.15) is 0 Å². The van der Waals surface area contributed by atoms with Crippen LogP contribution in [0.2, 0.25) is 0 Å². The molecular formula is C14H25NO2. The Labute approximate surface area is 105 Å². The lowest BCUT2D eigenvalue weighted by molar-refractivity contribution is 0.0162. The fourth-order valence-electron chi connectivity index (χ4n) is 2.15. The standard InChI is InChI=1S/C14H25NO2/c1-5-6-8-12-9-7-10-15(11-12)13(16)17-14(2,3)4/h5,12H,1,6-11H2,2-4H3. The van der Waals surface area contributed by atoms with Gasteiger partial charge >= 0.3 is 6.09 Å². The molecule has 0 spiro atoms. The summed E-state index contributed by atoms with van der Waals surface area (Å²) < 4.78 is 5.40. The first kappa shape index (κ1) is 14.1. The molecule has 0 aromatic carbocycles. The van der Waals surface area contributed by atoms with E-state index >= 15 is 0 Å². The predicted octanol–water partition coefficient (Wildman–Crippen LogP) is 3.60. The summed E-state index contributed by atoms with van der Waals surface area (Å²) in [5.41, 5.74) is -0.398. The minimum Gasteiger partial charge on any atom is -0.444 e. The lowest BCUT2D eigenvalue weighted by Gasteiger charge is -2.34. The first-order valence-electron chi connectivity index (χ1n) is 6.51. The van der Waals surface area contributed by atoms with Crippen molar-refractivity contribution in [3.05, 3.63) is 12.7 Å². The second kappa shape index (κ2) is 6.08. The monoisotopic (exact) mass is 239 g/mol. The van der Waals surface area contributed by atoms with E-state index in [4.69, 9.17) is 4.74 Å². The van der Waals surface area contributed by atoms with Crippen LogP contribution in [0.4, 0.5) is 4.79 Å². The van der Waals surface area contributed by atoms with Crippen LogP contribution in [0.3, 0.4) is 0 Å². The van der Waals surface area contributed by atoms with Crippen molar-refractivity contribution in [1.29, 1.82) is 0 Å². The Morgan fingerprint density at radius 3 is 2.82 bits per heavy atom. The summed E-state index contributed by atoms with van der Waals surface area (Å²) in [5.74, 6) is 0.606. The van der Waals surface area contributed by atoms with Gasteiger partial charge in [0.2, 0.25) is 0 Å². The number of ether oxygens (including phenoxy) is 1. The quantitative estimate of drug-likeness (QED) is 0.704. The summed E-state index contributed by atoms with van der Waals surface area (Å²) in [6, 6.07) is 0. The van der Waals surface area contributed by atoms with E-state index in [1.54, 1.807) is 0 Å². The van der Waals surface area contributed by atoms with E-state index < -0.39 is 5.60 Å². The van der Waals surface area contributed by atoms with Gasteiger partial charge in [-0.15, -0.1) is 6.58 Å². The average Bonchev–Trinajstić information content (AvgIpc) is 2.24. The molecule has 1 unspecified atom stereocenters. The Morgan fingerprint density at radius 2 is 2.24 bits per heavy atom. The van der Waals surface area contributed by atoms with Gasteiger partial charge in [0.15, 0.2) is 0 Å². The third kappa shape index (κ3) is 5.24. The first-order valence-corrected chi connectivity index (χ1v) is 6.51. The van der Waals surface area contributed by atoms with Crippen molar-refractivity contribution in [2.75, 3.05) is 13.1 Å². The maximum Gasteiger partial charge on any atom is 0.410 e. The Kier molecular flexibility index (Phi) is 5.03. The molecule has 17 heavy (non-hydrogen) atoms. The van der Waals surface area contributed by atoms with Crippen molar-refractivity contribution in [2.24, 2.45) is 5.92 Å². The minimum absolute atomic E-state index is 0.166. The summed E-state index contributed by atoms with van der Waals surface area (Å²) in [6.45, 7) is 11.1. The van der Waals surface area contributed by atoms with Crippen LogP contribution < -0.4 is 0 Å². The molecule has 1 rings (SSSR count). The number of likely N-dealkylation sites (tertiary alicyclic amines) is 1. The normalized spacial score (nSPS) is 21.1. The van der Waals surface area contributed by atoms with Gasteiger partial charge in [-0.1, -0.05) is 6.08 Å². The number of amides is 1. The van der Waals surface area contributed by atoms with Gasteiger partial charge in [0, 0.05) is 13.1 Å². The fraction of sp³-hybridized carbons (Fsp3) is 0.786. The zero-order valence-corrected chi connectivity index (χ0v) is 11.4. The van der Waals surface area contributed by atoms with E-state index in [9.17, 15) is 4.79 Å². The minimum atomic E-state index is -0.398. The van der Waals surface area contributed by atoms with Crippen LogP contribution in [0.1, 0.15) is 46.5 Å². The number of carbonyl (C=O) groups is 1. The van der Waals surface area contributed by atoms with Crippen molar-refractivity contribution >= 4 is 6.09 Å². The lowest BCUT2D eigenvalue weighted by Crippen LogP contribution is -2.42. The van der Waals surface area contributed by atoms with Crippen LogP contribution in [-0.4, -0.2) is 29.7 Å². The van der Waals surface area contributed by atoms with Crippen LogP contribution in [0.25, 0.3) is 0 Å². The summed E-state index contributed by atoms with van der Waals surface area (Å²) in [7, 11) is 0. The highest BCUT2D eigenvalue weighted by Crippen LogP contribution is 2.22. The Hall–Kier alpha value is -0.990. The van der Waals surface area contributed by atoms with Crippen molar-refractivity contribution in [3.63, 3.8) is 0 Å². The van der Waals surface area contributed by atoms with Crippen molar-refractivity contribution in [1.82, 2.24) is 4.90 Å². The molecule has 1 atom stereocenters. The molecule has 3 nitrogen and oxygen atoms in total. The van der Waals surface area contributed by atoms with Crippen molar-refractivity contribution in [2.45, 2.75) is 52.1 Å². The second-order valence-corrected chi connectivity index (χ2v) is 5.80. The molecule has 0 saturated carbocycles. The highest BCUT2D eigenvalue weighted by Gasteiger charge is 2.27. The van der Waals surface area contributed by atoms with Crippen molar-refractivity contribution < 1.29 is 9.53 Å². The van der Waals surface area contributed by atoms with E-state index in [2.05, 4.69) is 6.58 Å². The molecule has 1 saturated heterocycles. The zero-order chi connectivity index (χ0) is 12.9. The van der Waals surface area contributed by atoms with Crippen molar-refractivity contribution in [3.8, 4) is 0 Å². The Bertz CT molecular complexity index is 268. The Balaban J connectivity index is 2.43. The Morgan fingerprint density at radius 1 is 1.53 bits per heavy atom. The summed E-state index contributed by atoms with van der Waals surface area (Å²) in [5, 5.41) is 0. The fourth-order valence-corrected chi connectivity index (χ4v) is 2.15. The smallest absolute Gasteiger partial charge is 0.410 e. The van der Waals surface area contributed by atoms with Crippen LogP contribution in [0.5, 0.6) is 0 Å². The number of carbonyl (C=O) groups excluding carboxylic acids is 1. The van der Waals surface area contributed by atoms with E-state index in [0.717, 1.165) is 32.4 Å². The van der Waals surface area contributed by atoms with E-state index in [-0.39, 0.29) is 6.09 Å². The number of hydrogen-bond donors (Lipinski definition) is 0. The maximum atomic E-state index is 11.9. The molecule has 3 heteroatoms. The number of nitrogens with zero attached hydrogens (tertiary/aromatic N) is 1. The van der Waals surface area contributed by atoms with Gasteiger partial charge in [0.25, 0.3) is 0 Å². The molecule has 1 aliphatic heterocycles. The van der Waals surface area contributed by atoms with E-state index in [1.807, 2.05) is 31.7 Å². The van der Waals surface area contributed by atoms with Gasteiger partial charge in [0.05, 0.1) is 0 Å². The largest absolute Gasteiger partial charge is 0.444 e. The van der Waals surface area contributed by atoms with Crippen LogP contribution in [0.15, 0.2) is 12.7 Å². The van der Waals surface area contributed by atoms with E-state index in [0.29, 0.717) is 5.92 Å².